The lowest BCUT2D eigenvalue weighted by atomic mass is 10.0. The fourth-order valence-corrected chi connectivity index (χ4v) is 2.19. The van der Waals surface area contributed by atoms with E-state index < -0.39 is 0 Å². The van der Waals surface area contributed by atoms with Gasteiger partial charge in [0.15, 0.2) is 0 Å². The number of methoxy groups -OCH3 is 1. The van der Waals surface area contributed by atoms with Gasteiger partial charge >= 0.3 is 0 Å². The van der Waals surface area contributed by atoms with Gasteiger partial charge in [0.2, 0.25) is 0 Å². The summed E-state index contributed by atoms with van der Waals surface area (Å²) in [5.41, 5.74) is 8.71. The Kier molecular flexibility index (Phi) is 3.59. The molecule has 2 aromatic rings. The molecule has 0 bridgehead atoms. The summed E-state index contributed by atoms with van der Waals surface area (Å²) in [6.45, 7) is 0. The number of nitrogen functional groups attached to an aromatic ring is 1. The molecule has 0 aliphatic rings. The van der Waals surface area contributed by atoms with Crippen molar-refractivity contribution in [2.75, 3.05) is 19.1 Å². The molecule has 88 valence electrons. The molecule has 17 heavy (non-hydrogen) atoms. The molecule has 0 spiro atoms. The Morgan fingerprint density at radius 1 is 1.06 bits per heavy atom. The molecule has 2 rings (SSSR count). The predicted octanol–water partition coefficient (Wildman–Crippen LogP) is 3.67. The van der Waals surface area contributed by atoms with Crippen LogP contribution in [0.2, 0.25) is 0 Å². The summed E-state index contributed by atoms with van der Waals surface area (Å²) < 4.78 is 5.36. The fourth-order valence-electron chi connectivity index (χ4n) is 1.78. The van der Waals surface area contributed by atoms with Crippen LogP contribution < -0.4 is 10.5 Å². The highest BCUT2D eigenvalue weighted by Gasteiger charge is 2.08. The first-order valence-electron chi connectivity index (χ1n) is 5.33. The highest BCUT2D eigenvalue weighted by molar-refractivity contribution is 7.98. The molecular weight excluding hydrogens is 230 g/mol. The summed E-state index contributed by atoms with van der Waals surface area (Å²) in [7, 11) is 1.64. The Bertz CT molecular complexity index is 508. The Hall–Kier alpha value is -1.61. The molecule has 0 fully saturated rings. The zero-order chi connectivity index (χ0) is 12.3. The van der Waals surface area contributed by atoms with Gasteiger partial charge in [-0.1, -0.05) is 24.3 Å². The number of hydrogen-bond donors (Lipinski definition) is 1. The van der Waals surface area contributed by atoms with Gasteiger partial charge in [0, 0.05) is 10.5 Å². The monoisotopic (exact) mass is 245 g/mol. The maximum absolute atomic E-state index is 5.90. The number of para-hydroxylation sites is 1. The van der Waals surface area contributed by atoms with Crippen LogP contribution >= 0.6 is 11.8 Å². The first kappa shape index (κ1) is 11.9. The van der Waals surface area contributed by atoms with Crippen molar-refractivity contribution in [2.24, 2.45) is 0 Å². The lowest BCUT2D eigenvalue weighted by molar-refractivity contribution is 0.418. The molecule has 3 heteroatoms. The third-order valence-electron chi connectivity index (χ3n) is 2.65. The third-order valence-corrected chi connectivity index (χ3v) is 3.39. The van der Waals surface area contributed by atoms with Crippen molar-refractivity contribution in [1.29, 1.82) is 0 Å². The van der Waals surface area contributed by atoms with Crippen LogP contribution in [0.4, 0.5) is 5.69 Å². The van der Waals surface area contributed by atoms with Crippen molar-refractivity contribution < 1.29 is 4.74 Å². The summed E-state index contributed by atoms with van der Waals surface area (Å²) in [5.74, 6) is 0.740. The Balaban J connectivity index is 2.48. The summed E-state index contributed by atoms with van der Waals surface area (Å²) >= 11 is 1.73. The second-order valence-electron chi connectivity index (χ2n) is 3.66. The van der Waals surface area contributed by atoms with Crippen molar-refractivity contribution in [1.82, 2.24) is 0 Å². The van der Waals surface area contributed by atoms with E-state index in [-0.39, 0.29) is 0 Å². The molecule has 0 aliphatic heterocycles. The molecule has 0 aromatic heterocycles. The van der Waals surface area contributed by atoms with E-state index in [2.05, 4.69) is 30.5 Å². The average Bonchev–Trinajstić information content (AvgIpc) is 2.38. The lowest BCUT2D eigenvalue weighted by Crippen LogP contribution is -1.94. The molecule has 0 aliphatic carbocycles. The van der Waals surface area contributed by atoms with Crippen LogP contribution in [-0.4, -0.2) is 13.4 Å². The normalized spacial score (nSPS) is 10.2. The molecule has 0 unspecified atom stereocenters. The molecule has 0 amide bonds. The minimum Gasteiger partial charge on any atom is -0.494 e. The summed E-state index contributed by atoms with van der Waals surface area (Å²) in [5, 5.41) is 0. The van der Waals surface area contributed by atoms with Gasteiger partial charge in [0.05, 0.1) is 12.8 Å². The minimum atomic E-state index is 0.666. The number of rotatable bonds is 3. The summed E-state index contributed by atoms with van der Waals surface area (Å²) in [4.78, 5) is 1.25. The van der Waals surface area contributed by atoms with Gasteiger partial charge in [-0.05, 0) is 30.0 Å². The molecule has 2 nitrogen and oxygen atoms in total. The number of anilines is 1. The van der Waals surface area contributed by atoms with Crippen LogP contribution in [0, 0.1) is 0 Å². The SMILES string of the molecule is COc1c(N)cccc1-c1ccc(SC)cc1. The summed E-state index contributed by atoms with van der Waals surface area (Å²) in [6, 6.07) is 14.2. The summed E-state index contributed by atoms with van der Waals surface area (Å²) in [6.07, 6.45) is 2.07. The quantitative estimate of drug-likeness (QED) is 0.662. The minimum absolute atomic E-state index is 0.666. The van der Waals surface area contributed by atoms with Crippen molar-refractivity contribution in [3.63, 3.8) is 0 Å². The van der Waals surface area contributed by atoms with Gasteiger partial charge in [0.25, 0.3) is 0 Å². The lowest BCUT2D eigenvalue weighted by Gasteiger charge is -2.11. The van der Waals surface area contributed by atoms with Crippen LogP contribution in [0.1, 0.15) is 0 Å². The van der Waals surface area contributed by atoms with Crippen LogP contribution in [0.5, 0.6) is 5.75 Å². The van der Waals surface area contributed by atoms with E-state index in [1.807, 2.05) is 18.2 Å². The zero-order valence-electron chi connectivity index (χ0n) is 9.94. The van der Waals surface area contributed by atoms with Crippen LogP contribution in [-0.2, 0) is 0 Å². The Labute approximate surface area is 106 Å². The molecule has 0 saturated heterocycles. The van der Waals surface area contributed by atoms with Crippen LogP contribution in [0.15, 0.2) is 47.4 Å². The molecule has 2 N–H and O–H groups in total. The first-order chi connectivity index (χ1) is 8.26. The topological polar surface area (TPSA) is 35.2 Å². The number of ether oxygens (including phenoxy) is 1. The number of benzene rings is 2. The Morgan fingerprint density at radius 2 is 1.76 bits per heavy atom. The van der Waals surface area contributed by atoms with E-state index in [9.17, 15) is 0 Å². The van der Waals surface area contributed by atoms with Crippen LogP contribution in [0.3, 0.4) is 0 Å². The van der Waals surface area contributed by atoms with Crippen molar-refractivity contribution in [2.45, 2.75) is 4.90 Å². The van der Waals surface area contributed by atoms with Crippen molar-refractivity contribution >= 4 is 17.4 Å². The van der Waals surface area contributed by atoms with E-state index in [0.29, 0.717) is 5.69 Å². The highest BCUT2D eigenvalue weighted by Crippen LogP contribution is 2.35. The molecule has 2 aromatic carbocycles. The van der Waals surface area contributed by atoms with Gasteiger partial charge in [-0.3, -0.25) is 0 Å². The van der Waals surface area contributed by atoms with E-state index in [1.54, 1.807) is 18.9 Å². The molecular formula is C14H15NOS. The number of hydrogen-bond acceptors (Lipinski definition) is 3. The van der Waals surface area contributed by atoms with Gasteiger partial charge in [-0.2, -0.15) is 0 Å². The van der Waals surface area contributed by atoms with Gasteiger partial charge in [-0.25, -0.2) is 0 Å². The first-order valence-corrected chi connectivity index (χ1v) is 6.55. The van der Waals surface area contributed by atoms with E-state index >= 15 is 0 Å². The van der Waals surface area contributed by atoms with Gasteiger partial charge in [0.1, 0.15) is 5.75 Å². The highest BCUT2D eigenvalue weighted by atomic mass is 32.2. The Morgan fingerprint density at radius 3 is 2.35 bits per heavy atom. The van der Waals surface area contributed by atoms with E-state index in [4.69, 9.17) is 10.5 Å². The van der Waals surface area contributed by atoms with Gasteiger partial charge in [-0.15, -0.1) is 11.8 Å². The van der Waals surface area contributed by atoms with Crippen molar-refractivity contribution in [3.8, 4) is 16.9 Å². The second kappa shape index (κ2) is 5.15. The smallest absolute Gasteiger partial charge is 0.149 e. The molecule has 0 heterocycles. The third kappa shape index (κ3) is 2.39. The maximum atomic E-state index is 5.90. The number of thioether (sulfide) groups is 1. The molecule has 0 atom stereocenters. The van der Waals surface area contributed by atoms with E-state index in [1.165, 1.54) is 4.90 Å². The second-order valence-corrected chi connectivity index (χ2v) is 4.54. The molecule has 0 radical (unpaired) electrons. The fraction of sp³-hybridized carbons (Fsp3) is 0.143. The zero-order valence-corrected chi connectivity index (χ0v) is 10.8. The molecule has 0 saturated carbocycles. The van der Waals surface area contributed by atoms with E-state index in [0.717, 1.165) is 16.9 Å². The standard InChI is InChI=1S/C14H15NOS/c1-16-14-12(4-3-5-13(14)15)10-6-8-11(17-2)9-7-10/h3-9H,15H2,1-2H3. The van der Waals surface area contributed by atoms with Gasteiger partial charge < -0.3 is 10.5 Å². The van der Waals surface area contributed by atoms with Crippen molar-refractivity contribution in [3.05, 3.63) is 42.5 Å². The maximum Gasteiger partial charge on any atom is 0.149 e. The van der Waals surface area contributed by atoms with Crippen LogP contribution in [0.25, 0.3) is 11.1 Å². The largest absolute Gasteiger partial charge is 0.494 e. The average molecular weight is 245 g/mol. The predicted molar refractivity (Wildman–Crippen MR) is 74.6 cm³/mol. The number of nitrogens with two attached hydrogens (primary N) is 1.